The molecule has 0 radical (unpaired) electrons. The zero-order chi connectivity index (χ0) is 23.9. The fraction of sp³-hybridized carbons (Fsp3) is 0.375. The van der Waals surface area contributed by atoms with Crippen molar-refractivity contribution in [1.82, 2.24) is 9.55 Å². The highest BCUT2D eigenvalue weighted by Gasteiger charge is 2.32. The Bertz CT molecular complexity index is 1390. The van der Waals surface area contributed by atoms with Crippen LogP contribution in [0.3, 0.4) is 0 Å². The Morgan fingerprint density at radius 2 is 1.88 bits per heavy atom. The second kappa shape index (κ2) is 8.72. The number of benzene rings is 1. The van der Waals surface area contributed by atoms with Gasteiger partial charge in [-0.25, -0.2) is 18.2 Å². The van der Waals surface area contributed by atoms with E-state index in [2.05, 4.69) is 4.98 Å². The van der Waals surface area contributed by atoms with Crippen molar-refractivity contribution in [3.63, 3.8) is 0 Å². The monoisotopic (exact) mass is 470 g/mol. The molecule has 9 heteroatoms. The van der Waals surface area contributed by atoms with Crippen molar-refractivity contribution in [3.05, 3.63) is 69.1 Å². The van der Waals surface area contributed by atoms with Crippen LogP contribution in [0.4, 0.5) is 0 Å². The van der Waals surface area contributed by atoms with Gasteiger partial charge in [0, 0.05) is 30.0 Å². The summed E-state index contributed by atoms with van der Waals surface area (Å²) < 4.78 is 30.4. The van der Waals surface area contributed by atoms with Gasteiger partial charge in [-0.05, 0) is 56.0 Å². The summed E-state index contributed by atoms with van der Waals surface area (Å²) in [5.74, 6) is -0.651. The molecule has 0 saturated heterocycles. The molecule has 0 amide bonds. The van der Waals surface area contributed by atoms with Crippen molar-refractivity contribution < 1.29 is 23.1 Å². The van der Waals surface area contributed by atoms with Crippen LogP contribution in [0.5, 0.6) is 0 Å². The van der Waals surface area contributed by atoms with E-state index in [1.54, 1.807) is 28.8 Å². The van der Waals surface area contributed by atoms with Crippen molar-refractivity contribution in [2.45, 2.75) is 49.6 Å². The van der Waals surface area contributed by atoms with Gasteiger partial charge in [-0.1, -0.05) is 12.1 Å². The van der Waals surface area contributed by atoms with Gasteiger partial charge in [0.2, 0.25) is 0 Å². The average molecular weight is 471 g/mol. The Labute approximate surface area is 191 Å². The van der Waals surface area contributed by atoms with E-state index in [-0.39, 0.29) is 34.0 Å². The summed E-state index contributed by atoms with van der Waals surface area (Å²) in [6.07, 6.45) is 2.43. The van der Waals surface area contributed by atoms with E-state index in [0.29, 0.717) is 41.6 Å². The summed E-state index contributed by atoms with van der Waals surface area (Å²) >= 11 is 0. The van der Waals surface area contributed by atoms with E-state index in [1.165, 1.54) is 19.2 Å². The van der Waals surface area contributed by atoms with Crippen LogP contribution in [0.1, 0.15) is 52.6 Å². The maximum absolute atomic E-state index is 13.5. The molecule has 0 bridgehead atoms. The van der Waals surface area contributed by atoms with Crippen LogP contribution in [-0.4, -0.2) is 48.5 Å². The van der Waals surface area contributed by atoms with Crippen LogP contribution >= 0.6 is 0 Å². The van der Waals surface area contributed by atoms with Gasteiger partial charge in [-0.15, -0.1) is 0 Å². The first-order valence-electron chi connectivity index (χ1n) is 10.7. The zero-order valence-corrected chi connectivity index (χ0v) is 19.6. The fourth-order valence-corrected chi connectivity index (χ4v) is 5.12. The number of rotatable bonds is 5. The predicted octanol–water partition coefficient (Wildman–Crippen LogP) is 2.57. The Hall–Kier alpha value is -3.04. The molecule has 174 valence electrons. The van der Waals surface area contributed by atoms with E-state index in [0.717, 1.165) is 6.26 Å². The summed E-state index contributed by atoms with van der Waals surface area (Å²) in [7, 11) is -2.09. The van der Waals surface area contributed by atoms with Gasteiger partial charge in [0.25, 0.3) is 0 Å². The van der Waals surface area contributed by atoms with Crippen molar-refractivity contribution in [1.29, 1.82) is 0 Å². The molecule has 2 heterocycles. The molecule has 1 saturated carbocycles. The maximum Gasteiger partial charge on any atom is 0.355 e. The molecule has 3 aromatic rings. The molecule has 1 aliphatic carbocycles. The van der Waals surface area contributed by atoms with Crippen LogP contribution in [0, 0.1) is 6.92 Å². The molecule has 2 aromatic heterocycles. The summed E-state index contributed by atoms with van der Waals surface area (Å²) in [5, 5.41) is 10.6. The van der Waals surface area contributed by atoms with Gasteiger partial charge >= 0.3 is 5.97 Å². The zero-order valence-electron chi connectivity index (χ0n) is 18.7. The van der Waals surface area contributed by atoms with E-state index in [9.17, 15) is 23.1 Å². The molecular formula is C24H26N2O6S. The molecular weight excluding hydrogens is 444 g/mol. The Balaban J connectivity index is 1.97. The molecule has 1 aliphatic rings. The number of pyridine rings is 2. The predicted molar refractivity (Wildman–Crippen MR) is 123 cm³/mol. The number of hydrogen-bond donors (Lipinski definition) is 1. The average Bonchev–Trinajstić information content (AvgIpc) is 3.20. The number of methoxy groups -OCH3 is 1. The van der Waals surface area contributed by atoms with Crippen molar-refractivity contribution in [2.24, 2.45) is 0 Å². The van der Waals surface area contributed by atoms with Crippen LogP contribution in [0.15, 0.2) is 46.1 Å². The molecule has 8 nitrogen and oxygen atoms in total. The van der Waals surface area contributed by atoms with Gasteiger partial charge in [-0.3, -0.25) is 4.79 Å². The van der Waals surface area contributed by atoms with Crippen LogP contribution in [-0.2, 0) is 21.0 Å². The lowest BCUT2D eigenvalue weighted by Crippen LogP contribution is -2.28. The van der Waals surface area contributed by atoms with E-state index in [1.807, 2.05) is 6.92 Å². The number of nitrogens with zero attached hydrogens (tertiary/aromatic N) is 2. The van der Waals surface area contributed by atoms with Gasteiger partial charge in [0.15, 0.2) is 15.3 Å². The molecule has 0 aliphatic heterocycles. The number of carbonyl (C=O) groups excluding carboxylic acids is 1. The molecule has 0 unspecified atom stereocenters. The highest BCUT2D eigenvalue weighted by molar-refractivity contribution is 7.90. The number of aromatic nitrogens is 2. The van der Waals surface area contributed by atoms with Crippen LogP contribution in [0.25, 0.3) is 11.0 Å². The molecule has 2 atom stereocenters. The third-order valence-electron chi connectivity index (χ3n) is 6.14. The molecule has 1 aromatic carbocycles. The molecule has 0 spiro atoms. The van der Waals surface area contributed by atoms with Gasteiger partial charge in [0.05, 0.1) is 23.5 Å². The fourth-order valence-electron chi connectivity index (χ4n) is 4.49. The number of ether oxygens (including phenoxy) is 1. The van der Waals surface area contributed by atoms with Crippen molar-refractivity contribution >= 4 is 26.8 Å². The summed E-state index contributed by atoms with van der Waals surface area (Å²) in [6.45, 7) is 1.81. The van der Waals surface area contributed by atoms with Crippen molar-refractivity contribution in [3.8, 4) is 0 Å². The minimum atomic E-state index is -3.35. The lowest BCUT2D eigenvalue weighted by molar-refractivity contribution is 0.0583. The minimum absolute atomic E-state index is 0.117. The number of carbonyl (C=O) groups is 1. The second-order valence-electron chi connectivity index (χ2n) is 8.56. The molecule has 4 rings (SSSR count). The maximum atomic E-state index is 13.5. The Kier molecular flexibility index (Phi) is 6.11. The smallest absolute Gasteiger partial charge is 0.355 e. The van der Waals surface area contributed by atoms with Gasteiger partial charge < -0.3 is 14.4 Å². The van der Waals surface area contributed by atoms with E-state index < -0.39 is 21.9 Å². The minimum Gasteiger partial charge on any atom is -0.464 e. The van der Waals surface area contributed by atoms with Gasteiger partial charge in [0.1, 0.15) is 11.3 Å². The lowest BCUT2D eigenvalue weighted by atomic mass is 9.99. The number of esters is 1. The first-order valence-corrected chi connectivity index (χ1v) is 12.6. The number of aliphatic hydroxyl groups is 1. The molecule has 1 N–H and O–H groups in total. The normalized spacial score (nSPS) is 18.5. The van der Waals surface area contributed by atoms with E-state index in [4.69, 9.17) is 4.74 Å². The number of hydrogen-bond acceptors (Lipinski definition) is 7. The number of fused-ring (bicyclic) bond motifs is 1. The number of sulfone groups is 1. The van der Waals surface area contributed by atoms with Crippen LogP contribution in [0.2, 0.25) is 0 Å². The number of aryl methyl sites for hydroxylation is 1. The standard InChI is InChI=1S/C24H26N2O6S/c1-14-4-11-19-22(28)20(12-15-5-9-18(10-6-15)33(3,30)31)21(24(29)32-2)26(23(19)25-14)16-7-8-17(27)13-16/h4-6,9-11,16-17,27H,7-8,12-13H2,1-3H3/t16-,17-/m0/s1. The first-order chi connectivity index (χ1) is 15.6. The summed E-state index contributed by atoms with van der Waals surface area (Å²) in [4.78, 5) is 31.3. The topological polar surface area (TPSA) is 116 Å². The summed E-state index contributed by atoms with van der Waals surface area (Å²) in [6, 6.07) is 9.49. The van der Waals surface area contributed by atoms with Crippen LogP contribution < -0.4 is 5.43 Å². The highest BCUT2D eigenvalue weighted by Crippen LogP contribution is 2.34. The molecule has 1 fully saturated rings. The first kappa shape index (κ1) is 23.1. The SMILES string of the molecule is COC(=O)c1c(Cc2ccc(S(C)(=O)=O)cc2)c(=O)c2ccc(C)nc2n1[C@H]1CC[C@H](O)C1. The Morgan fingerprint density at radius 3 is 2.45 bits per heavy atom. The third kappa shape index (κ3) is 4.43. The Morgan fingerprint density at radius 1 is 1.18 bits per heavy atom. The molecule has 33 heavy (non-hydrogen) atoms. The lowest BCUT2D eigenvalue weighted by Gasteiger charge is -2.23. The quantitative estimate of drug-likeness (QED) is 0.570. The largest absolute Gasteiger partial charge is 0.464 e. The summed E-state index contributed by atoms with van der Waals surface area (Å²) in [5.41, 5.74) is 1.85. The van der Waals surface area contributed by atoms with E-state index >= 15 is 0 Å². The highest BCUT2D eigenvalue weighted by atomic mass is 32.2. The van der Waals surface area contributed by atoms with Crippen molar-refractivity contribution in [2.75, 3.05) is 13.4 Å². The second-order valence-corrected chi connectivity index (χ2v) is 10.6. The van der Waals surface area contributed by atoms with Gasteiger partial charge in [-0.2, -0.15) is 0 Å². The third-order valence-corrected chi connectivity index (χ3v) is 7.27. The number of aliphatic hydroxyl groups excluding tert-OH is 1.